The Morgan fingerprint density at radius 3 is 1.33 bits per heavy atom. The second-order valence-corrected chi connectivity index (χ2v) is 9.61. The Morgan fingerprint density at radius 1 is 1.11 bits per heavy atom. The zero-order valence-electron chi connectivity index (χ0n) is 6.05. The van der Waals surface area contributed by atoms with Crippen LogP contribution in [-0.4, -0.2) is 16.2 Å². The predicted molar refractivity (Wildman–Crippen MR) is 54.2 cm³/mol. The van der Waals surface area contributed by atoms with Crippen molar-refractivity contribution >= 4 is 49.5 Å². The molecule has 0 aliphatic rings. The van der Waals surface area contributed by atoms with E-state index in [2.05, 4.69) is 0 Å². The van der Waals surface area contributed by atoms with Crippen molar-refractivity contribution in [2.75, 3.05) is 0 Å². The maximum Gasteiger partial charge on any atom is 0.250 e. The van der Waals surface area contributed by atoms with Gasteiger partial charge in [-0.3, -0.25) is 0 Å². The van der Waals surface area contributed by atoms with Gasteiger partial charge in [-0.2, -0.15) is 11.1 Å². The molecule has 0 rings (SSSR count). The lowest BCUT2D eigenvalue weighted by Gasteiger charge is -2.08. The smallest absolute Gasteiger partial charge is 0.181 e. The van der Waals surface area contributed by atoms with Crippen molar-refractivity contribution in [1.82, 2.24) is 0 Å². The van der Waals surface area contributed by atoms with Crippen LogP contribution in [0.3, 0.4) is 0 Å². The van der Waals surface area contributed by atoms with Crippen molar-refractivity contribution in [3.8, 4) is 0 Å². The molecule has 58 valence electrons. The second kappa shape index (κ2) is 7.41. The molecule has 0 aromatic rings. The molecule has 0 atom stereocenters. The minimum atomic E-state index is -1.71. The summed E-state index contributed by atoms with van der Waals surface area (Å²) in [5.41, 5.74) is 0. The van der Waals surface area contributed by atoms with Gasteiger partial charge < -0.3 is 0 Å². The second-order valence-electron chi connectivity index (χ2n) is 1.56. The fourth-order valence-electron chi connectivity index (χ4n) is 0.250. The first kappa shape index (κ1) is 12.9. The SMILES string of the molecule is CC[Si](Cl)(Cl)CC.[SiH3]Cl. The third kappa shape index (κ3) is 9.30. The Bertz CT molecular complexity index is 51.8. The molecule has 0 spiro atoms. The van der Waals surface area contributed by atoms with Crippen LogP contribution < -0.4 is 0 Å². The molecule has 0 radical (unpaired) electrons. The van der Waals surface area contributed by atoms with Crippen LogP contribution in [-0.2, 0) is 0 Å². The van der Waals surface area contributed by atoms with Crippen LogP contribution in [0.25, 0.3) is 0 Å². The molecule has 5 heteroatoms. The molecular formula is C4H13Cl3Si2. The van der Waals surface area contributed by atoms with Crippen LogP contribution in [0.2, 0.25) is 12.1 Å². The highest BCUT2D eigenvalue weighted by Gasteiger charge is 2.21. The standard InChI is InChI=1S/C4H10Cl2Si.ClH3Si/c1-3-7(5,6)4-2;1-2/h3-4H2,1-2H3;2H3. The zero-order valence-corrected chi connectivity index (χ0v) is 11.3. The monoisotopic (exact) mass is 222 g/mol. The fraction of sp³-hybridized carbons (Fsp3) is 1.00. The van der Waals surface area contributed by atoms with Crippen molar-refractivity contribution in [3.63, 3.8) is 0 Å². The minimum Gasteiger partial charge on any atom is -0.181 e. The zero-order chi connectivity index (χ0) is 7.91. The molecule has 0 aliphatic carbocycles. The first-order valence-electron chi connectivity index (χ1n) is 2.88. The summed E-state index contributed by atoms with van der Waals surface area (Å²) in [4.78, 5) is 0. The van der Waals surface area contributed by atoms with Crippen molar-refractivity contribution in [3.05, 3.63) is 0 Å². The lowest BCUT2D eigenvalue weighted by Crippen LogP contribution is -2.13. The van der Waals surface area contributed by atoms with Gasteiger partial charge >= 0.3 is 0 Å². The molecule has 0 nitrogen and oxygen atoms in total. The van der Waals surface area contributed by atoms with Gasteiger partial charge in [0.05, 0.1) is 0 Å². The lowest BCUT2D eigenvalue weighted by atomic mass is 11.0. The highest BCUT2D eigenvalue weighted by Crippen LogP contribution is 2.23. The molecule has 0 fully saturated rings. The van der Waals surface area contributed by atoms with Crippen LogP contribution >= 0.6 is 33.2 Å². The molecule has 0 N–H and O–H groups in total. The van der Waals surface area contributed by atoms with Gasteiger partial charge in [-0.05, 0) is 12.1 Å². The molecule has 0 saturated carbocycles. The van der Waals surface area contributed by atoms with E-state index in [9.17, 15) is 0 Å². The molecule has 0 bridgehead atoms. The molecule has 0 amide bonds. The van der Waals surface area contributed by atoms with Gasteiger partial charge in [-0.15, -0.1) is 22.2 Å². The normalized spacial score (nSPS) is 10.3. The van der Waals surface area contributed by atoms with Crippen molar-refractivity contribution in [2.45, 2.75) is 25.9 Å². The van der Waals surface area contributed by atoms with Gasteiger partial charge in [-0.25, -0.2) is 0 Å². The summed E-state index contributed by atoms with van der Waals surface area (Å²) in [6.07, 6.45) is 0. The topological polar surface area (TPSA) is 0 Å². The number of halogens is 3. The van der Waals surface area contributed by atoms with Gasteiger partial charge in [-0.1, -0.05) is 13.8 Å². The van der Waals surface area contributed by atoms with E-state index in [0.29, 0.717) is 0 Å². The quantitative estimate of drug-likeness (QED) is 0.498. The number of hydrogen-bond donors (Lipinski definition) is 0. The number of rotatable bonds is 2. The third-order valence-corrected chi connectivity index (χ3v) is 6.31. The van der Waals surface area contributed by atoms with Gasteiger partial charge in [0, 0.05) is 0 Å². The van der Waals surface area contributed by atoms with Crippen LogP contribution in [0.15, 0.2) is 0 Å². The largest absolute Gasteiger partial charge is 0.250 e. The Hall–Kier alpha value is 1.30. The molecule has 0 unspecified atom stereocenters. The van der Waals surface area contributed by atoms with Gasteiger partial charge in [0.15, 0.2) is 0 Å². The van der Waals surface area contributed by atoms with Crippen LogP contribution in [0.4, 0.5) is 0 Å². The summed E-state index contributed by atoms with van der Waals surface area (Å²) in [5, 5.41) is 0. The van der Waals surface area contributed by atoms with Gasteiger partial charge in [0.1, 0.15) is 9.55 Å². The summed E-state index contributed by atoms with van der Waals surface area (Å²) >= 11 is 16.4. The summed E-state index contributed by atoms with van der Waals surface area (Å²) < 4.78 is 0. The number of hydrogen-bond acceptors (Lipinski definition) is 0. The summed E-state index contributed by atoms with van der Waals surface area (Å²) in [5.74, 6) is 0. The van der Waals surface area contributed by atoms with Crippen molar-refractivity contribution in [1.29, 1.82) is 0 Å². The van der Waals surface area contributed by atoms with E-state index in [-0.39, 0.29) is 0 Å². The minimum absolute atomic E-state index is 0.778. The first-order chi connectivity index (χ1) is 4.12. The van der Waals surface area contributed by atoms with E-state index in [1.54, 1.807) is 0 Å². The fourth-order valence-corrected chi connectivity index (χ4v) is 0.750. The highest BCUT2D eigenvalue weighted by atomic mass is 35.7. The maximum absolute atomic E-state index is 5.81. The highest BCUT2D eigenvalue weighted by molar-refractivity contribution is 7.45. The Morgan fingerprint density at radius 2 is 1.33 bits per heavy atom. The molecule has 9 heavy (non-hydrogen) atoms. The third-order valence-electron chi connectivity index (χ3n) is 1.03. The average molecular weight is 224 g/mol. The molecular weight excluding hydrogens is 211 g/mol. The van der Waals surface area contributed by atoms with E-state index < -0.39 is 6.69 Å². The van der Waals surface area contributed by atoms with E-state index in [1.165, 1.54) is 0 Å². The average Bonchev–Trinajstić information content (AvgIpc) is 1.93. The Labute approximate surface area is 75.4 Å². The molecule has 0 heterocycles. The molecule has 0 aromatic heterocycles. The molecule has 0 saturated heterocycles. The van der Waals surface area contributed by atoms with Gasteiger partial charge in [0.25, 0.3) is 6.69 Å². The molecule has 0 aliphatic heterocycles. The lowest BCUT2D eigenvalue weighted by molar-refractivity contribution is 1.33. The summed E-state index contributed by atoms with van der Waals surface area (Å²) in [6.45, 7) is 2.37. The van der Waals surface area contributed by atoms with E-state index in [1.807, 2.05) is 13.8 Å². The van der Waals surface area contributed by atoms with Crippen LogP contribution in [0, 0.1) is 0 Å². The van der Waals surface area contributed by atoms with Gasteiger partial charge in [0.2, 0.25) is 0 Å². The van der Waals surface area contributed by atoms with Crippen LogP contribution in [0.5, 0.6) is 0 Å². The Balaban J connectivity index is 0. The van der Waals surface area contributed by atoms with E-state index in [0.717, 1.165) is 21.6 Å². The maximum atomic E-state index is 5.81. The van der Waals surface area contributed by atoms with Crippen molar-refractivity contribution in [2.24, 2.45) is 0 Å². The summed E-state index contributed by atoms with van der Waals surface area (Å²) in [7, 11) is 0.778. The molecule has 0 aromatic carbocycles. The Kier molecular flexibility index (Phi) is 10.7. The van der Waals surface area contributed by atoms with E-state index in [4.69, 9.17) is 33.2 Å². The summed E-state index contributed by atoms with van der Waals surface area (Å²) in [6, 6.07) is 1.93. The van der Waals surface area contributed by atoms with Crippen molar-refractivity contribution < 1.29 is 0 Å². The first-order valence-corrected chi connectivity index (χ1v) is 10.3. The van der Waals surface area contributed by atoms with E-state index >= 15 is 0 Å². The van der Waals surface area contributed by atoms with Crippen LogP contribution in [0.1, 0.15) is 13.8 Å². The predicted octanol–water partition coefficient (Wildman–Crippen LogP) is 2.45.